The molecule has 1 saturated heterocycles. The Morgan fingerprint density at radius 1 is 0.909 bits per heavy atom. The van der Waals surface area contributed by atoms with Crippen LogP contribution in [0.15, 0.2) is 42.5 Å². The third-order valence-electron chi connectivity index (χ3n) is 5.38. The second kappa shape index (κ2) is 11.4. The van der Waals surface area contributed by atoms with Gasteiger partial charge in [0, 0.05) is 31.7 Å². The van der Waals surface area contributed by atoms with Crippen LogP contribution in [0.2, 0.25) is 0 Å². The molecule has 0 aromatic heterocycles. The van der Waals surface area contributed by atoms with Crippen molar-refractivity contribution in [3.63, 3.8) is 0 Å². The van der Waals surface area contributed by atoms with Crippen molar-refractivity contribution in [3.05, 3.63) is 59.2 Å². The number of nitrogens with zero attached hydrogens (tertiary/aromatic N) is 2. The molecule has 0 unspecified atom stereocenters. The Hall–Kier alpha value is -3.55. The van der Waals surface area contributed by atoms with E-state index in [2.05, 4.69) is 0 Å². The normalized spacial score (nSPS) is 13.8. The molecule has 1 aliphatic rings. The maximum absolute atomic E-state index is 12.9. The summed E-state index contributed by atoms with van der Waals surface area (Å²) in [4.78, 5) is 40.5. The molecule has 176 valence electrons. The van der Waals surface area contributed by atoms with E-state index in [0.717, 1.165) is 11.1 Å². The van der Waals surface area contributed by atoms with Crippen LogP contribution in [-0.4, -0.2) is 67.2 Å². The number of carbonyl (C=O) groups is 3. The van der Waals surface area contributed by atoms with E-state index in [1.165, 1.54) is 0 Å². The third-order valence-corrected chi connectivity index (χ3v) is 5.38. The number of benzene rings is 2. The highest BCUT2D eigenvalue weighted by atomic mass is 16.7. The van der Waals surface area contributed by atoms with Gasteiger partial charge in [0.2, 0.25) is 0 Å². The van der Waals surface area contributed by atoms with Gasteiger partial charge in [0.1, 0.15) is 11.5 Å². The number of amides is 2. The molecule has 1 fully saturated rings. The lowest BCUT2D eigenvalue weighted by atomic mass is 10.1. The summed E-state index contributed by atoms with van der Waals surface area (Å²) in [5.74, 6) is 0.792. The maximum Gasteiger partial charge on any atom is 0.513 e. The lowest BCUT2D eigenvalue weighted by Crippen LogP contribution is -2.39. The lowest BCUT2D eigenvalue weighted by Gasteiger charge is -2.22. The van der Waals surface area contributed by atoms with Gasteiger partial charge in [0.25, 0.3) is 11.8 Å². The Balaban J connectivity index is 1.52. The average Bonchev–Trinajstić information content (AvgIpc) is 3.05. The zero-order valence-electron chi connectivity index (χ0n) is 19.3. The molecule has 1 aliphatic heterocycles. The van der Waals surface area contributed by atoms with E-state index in [1.807, 2.05) is 32.0 Å². The van der Waals surface area contributed by atoms with Crippen molar-refractivity contribution >= 4 is 18.0 Å². The summed E-state index contributed by atoms with van der Waals surface area (Å²) in [5.41, 5.74) is 2.63. The molecule has 2 aromatic rings. The summed E-state index contributed by atoms with van der Waals surface area (Å²) >= 11 is 0. The minimum atomic E-state index is -0.782. The van der Waals surface area contributed by atoms with Gasteiger partial charge in [-0.15, -0.1) is 0 Å². The van der Waals surface area contributed by atoms with Crippen LogP contribution in [0.3, 0.4) is 0 Å². The molecule has 0 N–H and O–H groups in total. The predicted octanol–water partition coefficient (Wildman–Crippen LogP) is 3.59. The van der Waals surface area contributed by atoms with Crippen LogP contribution in [0.5, 0.6) is 11.5 Å². The molecule has 0 spiro atoms. The molecule has 8 heteroatoms. The standard InChI is InChI=1S/C25H30N2O6/c1-4-31-25(30)33-21-9-7-20(8-10-21)24(29)27-13-5-12-26(14-15-27)23(28)17-32-22-11-6-18(2)16-19(22)3/h6-11,16H,4-5,12-15,17H2,1-3H3. The lowest BCUT2D eigenvalue weighted by molar-refractivity contribution is -0.133. The van der Waals surface area contributed by atoms with E-state index in [-0.39, 0.29) is 25.0 Å². The molecule has 0 atom stereocenters. The molecular formula is C25H30N2O6. The summed E-state index contributed by atoms with van der Waals surface area (Å²) in [6.45, 7) is 7.88. The van der Waals surface area contributed by atoms with Crippen molar-refractivity contribution < 1.29 is 28.6 Å². The van der Waals surface area contributed by atoms with E-state index < -0.39 is 6.16 Å². The fraction of sp³-hybridized carbons (Fsp3) is 0.400. The van der Waals surface area contributed by atoms with Crippen LogP contribution in [0.1, 0.15) is 34.8 Å². The summed E-state index contributed by atoms with van der Waals surface area (Å²) in [5, 5.41) is 0. The molecule has 33 heavy (non-hydrogen) atoms. The molecule has 2 amide bonds. The summed E-state index contributed by atoms with van der Waals surface area (Å²) in [6.07, 6.45) is -0.0965. The topological polar surface area (TPSA) is 85.4 Å². The minimum absolute atomic E-state index is 0.0280. The van der Waals surface area contributed by atoms with Gasteiger partial charge in [-0.3, -0.25) is 9.59 Å². The molecule has 8 nitrogen and oxygen atoms in total. The van der Waals surface area contributed by atoms with E-state index in [0.29, 0.717) is 49.7 Å². The monoisotopic (exact) mass is 454 g/mol. The zero-order valence-corrected chi connectivity index (χ0v) is 19.3. The second-order valence-corrected chi connectivity index (χ2v) is 7.89. The van der Waals surface area contributed by atoms with Gasteiger partial charge in [0.15, 0.2) is 6.61 Å². The van der Waals surface area contributed by atoms with E-state index in [9.17, 15) is 14.4 Å². The minimum Gasteiger partial charge on any atom is -0.484 e. The van der Waals surface area contributed by atoms with Crippen molar-refractivity contribution in [2.75, 3.05) is 39.4 Å². The highest BCUT2D eigenvalue weighted by molar-refractivity contribution is 5.94. The van der Waals surface area contributed by atoms with Gasteiger partial charge in [-0.2, -0.15) is 0 Å². The Morgan fingerprint density at radius 3 is 2.30 bits per heavy atom. The SMILES string of the molecule is CCOC(=O)Oc1ccc(C(=O)N2CCCN(C(=O)COc3ccc(C)cc3C)CC2)cc1. The Kier molecular flexibility index (Phi) is 8.29. The van der Waals surface area contributed by atoms with Crippen molar-refractivity contribution in [3.8, 4) is 11.5 Å². The van der Waals surface area contributed by atoms with E-state index in [1.54, 1.807) is 41.0 Å². The fourth-order valence-electron chi connectivity index (χ4n) is 3.65. The van der Waals surface area contributed by atoms with Crippen LogP contribution >= 0.6 is 0 Å². The van der Waals surface area contributed by atoms with Crippen molar-refractivity contribution in [1.82, 2.24) is 9.80 Å². The van der Waals surface area contributed by atoms with Crippen LogP contribution < -0.4 is 9.47 Å². The predicted molar refractivity (Wildman–Crippen MR) is 123 cm³/mol. The first kappa shape index (κ1) is 24.1. The quantitative estimate of drug-likeness (QED) is 0.490. The number of rotatable bonds is 6. The summed E-state index contributed by atoms with van der Waals surface area (Å²) in [7, 11) is 0. The van der Waals surface area contributed by atoms with Gasteiger partial charge < -0.3 is 24.0 Å². The molecular weight excluding hydrogens is 424 g/mol. The largest absolute Gasteiger partial charge is 0.513 e. The van der Waals surface area contributed by atoms with Gasteiger partial charge in [-0.05, 0) is 63.1 Å². The molecule has 0 radical (unpaired) electrons. The number of hydrogen-bond acceptors (Lipinski definition) is 6. The molecule has 1 heterocycles. The molecule has 2 aromatic carbocycles. The Bertz CT molecular complexity index is 989. The fourth-order valence-corrected chi connectivity index (χ4v) is 3.65. The van der Waals surface area contributed by atoms with E-state index >= 15 is 0 Å². The average molecular weight is 455 g/mol. The third kappa shape index (κ3) is 6.71. The summed E-state index contributed by atoms with van der Waals surface area (Å²) in [6, 6.07) is 12.2. The van der Waals surface area contributed by atoms with Gasteiger partial charge in [0.05, 0.1) is 6.61 Å². The number of aryl methyl sites for hydroxylation is 2. The van der Waals surface area contributed by atoms with Crippen molar-refractivity contribution in [2.45, 2.75) is 27.2 Å². The van der Waals surface area contributed by atoms with E-state index in [4.69, 9.17) is 14.2 Å². The summed E-state index contributed by atoms with van der Waals surface area (Å²) < 4.78 is 15.5. The smallest absolute Gasteiger partial charge is 0.484 e. The molecule has 0 saturated carbocycles. The molecule has 0 bridgehead atoms. The highest BCUT2D eigenvalue weighted by Gasteiger charge is 2.23. The zero-order chi connectivity index (χ0) is 23.8. The number of hydrogen-bond donors (Lipinski definition) is 0. The van der Waals surface area contributed by atoms with Crippen LogP contribution in [0, 0.1) is 13.8 Å². The van der Waals surface area contributed by atoms with Gasteiger partial charge in [-0.25, -0.2) is 4.79 Å². The Morgan fingerprint density at radius 2 is 1.61 bits per heavy atom. The first-order chi connectivity index (χ1) is 15.9. The highest BCUT2D eigenvalue weighted by Crippen LogP contribution is 2.19. The Labute approximate surface area is 194 Å². The van der Waals surface area contributed by atoms with Crippen LogP contribution in [0.25, 0.3) is 0 Å². The molecule has 0 aliphatic carbocycles. The van der Waals surface area contributed by atoms with Crippen LogP contribution in [0.4, 0.5) is 4.79 Å². The number of carbonyl (C=O) groups excluding carboxylic acids is 3. The van der Waals surface area contributed by atoms with Gasteiger partial charge >= 0.3 is 6.16 Å². The van der Waals surface area contributed by atoms with Crippen molar-refractivity contribution in [1.29, 1.82) is 0 Å². The van der Waals surface area contributed by atoms with Gasteiger partial charge in [-0.1, -0.05) is 17.7 Å². The van der Waals surface area contributed by atoms with Crippen molar-refractivity contribution in [2.24, 2.45) is 0 Å². The molecule has 3 rings (SSSR count). The van der Waals surface area contributed by atoms with Crippen LogP contribution in [-0.2, 0) is 9.53 Å². The first-order valence-electron chi connectivity index (χ1n) is 11.1. The second-order valence-electron chi connectivity index (χ2n) is 7.89. The maximum atomic E-state index is 12.9. The number of ether oxygens (including phenoxy) is 3. The first-order valence-corrected chi connectivity index (χ1v) is 11.1.